The maximum absolute atomic E-state index is 6.16. The Balaban J connectivity index is 2.81. The van der Waals surface area contributed by atoms with Crippen LogP contribution in [0.25, 0.3) is 11.1 Å². The van der Waals surface area contributed by atoms with Crippen LogP contribution in [0.15, 0.2) is 12.1 Å². The van der Waals surface area contributed by atoms with E-state index in [9.17, 15) is 0 Å². The molecule has 0 atom stereocenters. The van der Waals surface area contributed by atoms with Crippen molar-refractivity contribution in [1.82, 2.24) is 9.97 Å². The first-order valence-electron chi connectivity index (χ1n) is 4.95. The molecule has 0 aliphatic heterocycles. The Kier molecular flexibility index (Phi) is 3.52. The van der Waals surface area contributed by atoms with E-state index in [0.717, 1.165) is 0 Å². The predicted octanol–water partition coefficient (Wildman–Crippen LogP) is 3.58. The van der Waals surface area contributed by atoms with Gasteiger partial charge in [0.15, 0.2) is 0 Å². The van der Waals surface area contributed by atoms with Gasteiger partial charge < -0.3 is 11.5 Å². The van der Waals surface area contributed by atoms with Crippen LogP contribution in [0, 0.1) is 6.92 Å². The number of anilines is 2. The third kappa shape index (κ3) is 2.19. The van der Waals surface area contributed by atoms with E-state index in [-0.39, 0.29) is 11.8 Å². The van der Waals surface area contributed by atoms with Gasteiger partial charge in [0.1, 0.15) is 5.82 Å². The van der Waals surface area contributed by atoms with Gasteiger partial charge in [0.2, 0.25) is 5.95 Å². The molecule has 0 aliphatic rings. The first-order valence-corrected chi connectivity index (χ1v) is 6.08. The zero-order valence-electron chi connectivity index (χ0n) is 9.34. The minimum atomic E-state index is 0.100. The van der Waals surface area contributed by atoms with E-state index in [2.05, 4.69) is 9.97 Å². The first-order chi connectivity index (χ1) is 8.41. The highest BCUT2D eigenvalue weighted by Gasteiger charge is 2.18. The van der Waals surface area contributed by atoms with Gasteiger partial charge in [-0.3, -0.25) is 0 Å². The second kappa shape index (κ2) is 4.80. The zero-order chi connectivity index (χ0) is 13.4. The molecule has 0 unspecified atom stereocenters. The van der Waals surface area contributed by atoms with Crippen LogP contribution in [-0.2, 0) is 0 Å². The highest BCUT2D eigenvalue weighted by Crippen LogP contribution is 2.41. The molecule has 1 aromatic heterocycles. The highest BCUT2D eigenvalue weighted by molar-refractivity contribution is 6.46. The minimum absolute atomic E-state index is 0.100. The van der Waals surface area contributed by atoms with Gasteiger partial charge in [-0.1, -0.05) is 34.8 Å². The normalized spacial score (nSPS) is 10.7. The average Bonchev–Trinajstić information content (AvgIpc) is 2.27. The van der Waals surface area contributed by atoms with Crippen molar-refractivity contribution in [3.63, 3.8) is 0 Å². The van der Waals surface area contributed by atoms with Crippen LogP contribution in [0.3, 0.4) is 0 Å². The maximum Gasteiger partial charge on any atom is 0.222 e. The van der Waals surface area contributed by atoms with Gasteiger partial charge in [0, 0.05) is 11.1 Å². The van der Waals surface area contributed by atoms with E-state index in [4.69, 9.17) is 46.3 Å². The second-order valence-electron chi connectivity index (χ2n) is 3.65. The number of benzene rings is 1. The molecule has 4 nitrogen and oxygen atoms in total. The Bertz CT molecular complexity index is 605. The summed E-state index contributed by atoms with van der Waals surface area (Å²) >= 11 is 18.3. The van der Waals surface area contributed by atoms with Crippen LogP contribution < -0.4 is 11.5 Å². The van der Waals surface area contributed by atoms with Gasteiger partial charge in [-0.15, -0.1) is 0 Å². The van der Waals surface area contributed by atoms with Crippen LogP contribution in [0.2, 0.25) is 15.1 Å². The summed E-state index contributed by atoms with van der Waals surface area (Å²) < 4.78 is 0. The summed E-state index contributed by atoms with van der Waals surface area (Å²) in [7, 11) is 0. The van der Waals surface area contributed by atoms with Crippen molar-refractivity contribution < 1.29 is 0 Å². The highest BCUT2D eigenvalue weighted by atomic mass is 35.5. The Hall–Kier alpha value is -1.23. The fourth-order valence-corrected chi connectivity index (χ4v) is 2.40. The Morgan fingerprint density at radius 3 is 2.17 bits per heavy atom. The molecule has 18 heavy (non-hydrogen) atoms. The van der Waals surface area contributed by atoms with Crippen molar-refractivity contribution in [3.05, 3.63) is 32.9 Å². The monoisotopic (exact) mass is 302 g/mol. The van der Waals surface area contributed by atoms with E-state index in [1.165, 1.54) is 0 Å². The Morgan fingerprint density at radius 1 is 0.944 bits per heavy atom. The lowest BCUT2D eigenvalue weighted by Gasteiger charge is -2.13. The summed E-state index contributed by atoms with van der Waals surface area (Å²) in [5.41, 5.74) is 13.0. The molecule has 1 aromatic carbocycles. The van der Waals surface area contributed by atoms with E-state index in [1.54, 1.807) is 19.1 Å². The van der Waals surface area contributed by atoms with Gasteiger partial charge in [-0.25, -0.2) is 4.98 Å². The number of hydrogen-bond acceptors (Lipinski definition) is 4. The van der Waals surface area contributed by atoms with Crippen molar-refractivity contribution >= 4 is 46.6 Å². The molecular formula is C11H9Cl3N4. The maximum atomic E-state index is 6.16. The fourth-order valence-electron chi connectivity index (χ4n) is 1.68. The van der Waals surface area contributed by atoms with Crippen molar-refractivity contribution in [2.75, 3.05) is 11.5 Å². The average molecular weight is 304 g/mol. The lowest BCUT2D eigenvalue weighted by molar-refractivity contribution is 1.13. The van der Waals surface area contributed by atoms with Crippen molar-refractivity contribution in [2.24, 2.45) is 0 Å². The van der Waals surface area contributed by atoms with E-state index >= 15 is 0 Å². The summed E-state index contributed by atoms with van der Waals surface area (Å²) in [6.45, 7) is 1.75. The largest absolute Gasteiger partial charge is 0.383 e. The predicted molar refractivity (Wildman–Crippen MR) is 76.1 cm³/mol. The number of aromatic nitrogens is 2. The smallest absolute Gasteiger partial charge is 0.222 e. The summed E-state index contributed by atoms with van der Waals surface area (Å²) in [5.74, 6) is 0.314. The van der Waals surface area contributed by atoms with E-state index in [1.807, 2.05) is 0 Å². The molecule has 7 heteroatoms. The lowest BCUT2D eigenvalue weighted by Crippen LogP contribution is -2.04. The SMILES string of the molecule is Cc1nc(N)nc(N)c1-c1c(Cl)ccc(Cl)c1Cl. The number of nitrogen functional groups attached to an aromatic ring is 2. The summed E-state index contributed by atoms with van der Waals surface area (Å²) in [5, 5.41) is 1.12. The number of nitrogens with zero attached hydrogens (tertiary/aromatic N) is 2. The number of hydrogen-bond donors (Lipinski definition) is 2. The van der Waals surface area contributed by atoms with Gasteiger partial charge in [0.25, 0.3) is 0 Å². The van der Waals surface area contributed by atoms with Gasteiger partial charge >= 0.3 is 0 Å². The van der Waals surface area contributed by atoms with Crippen LogP contribution >= 0.6 is 34.8 Å². The van der Waals surface area contributed by atoms with Gasteiger partial charge in [-0.2, -0.15) is 4.98 Å². The number of rotatable bonds is 1. The molecule has 0 saturated carbocycles. The van der Waals surface area contributed by atoms with Crippen molar-refractivity contribution in [2.45, 2.75) is 6.92 Å². The molecule has 4 N–H and O–H groups in total. The third-order valence-electron chi connectivity index (χ3n) is 2.43. The van der Waals surface area contributed by atoms with Crippen molar-refractivity contribution in [1.29, 1.82) is 0 Å². The summed E-state index contributed by atoms with van der Waals surface area (Å²) in [6.07, 6.45) is 0. The van der Waals surface area contributed by atoms with Crippen LogP contribution in [0.1, 0.15) is 5.69 Å². The molecular weight excluding hydrogens is 295 g/mol. The van der Waals surface area contributed by atoms with Crippen LogP contribution in [0.5, 0.6) is 0 Å². The quantitative estimate of drug-likeness (QED) is 0.789. The topological polar surface area (TPSA) is 77.8 Å². The Morgan fingerprint density at radius 2 is 1.56 bits per heavy atom. The second-order valence-corrected chi connectivity index (χ2v) is 4.84. The van der Waals surface area contributed by atoms with Crippen molar-refractivity contribution in [3.8, 4) is 11.1 Å². The number of aryl methyl sites for hydroxylation is 1. The summed E-state index contributed by atoms with van der Waals surface area (Å²) in [6, 6.07) is 3.25. The number of halogens is 3. The van der Waals surface area contributed by atoms with E-state index in [0.29, 0.717) is 31.9 Å². The molecule has 94 valence electrons. The molecule has 1 heterocycles. The lowest BCUT2D eigenvalue weighted by atomic mass is 10.0. The standard InChI is InChI=1S/C11H9Cl3N4/c1-4-7(10(15)18-11(16)17-4)8-5(12)2-3-6(13)9(8)14/h2-3H,1H3,(H4,15,16,17,18). The molecule has 0 amide bonds. The third-order valence-corrected chi connectivity index (χ3v) is 3.55. The minimum Gasteiger partial charge on any atom is -0.383 e. The van der Waals surface area contributed by atoms with Crippen LogP contribution in [0.4, 0.5) is 11.8 Å². The van der Waals surface area contributed by atoms with E-state index < -0.39 is 0 Å². The molecule has 2 aromatic rings. The fraction of sp³-hybridized carbons (Fsp3) is 0.0909. The molecule has 0 saturated heterocycles. The zero-order valence-corrected chi connectivity index (χ0v) is 11.6. The molecule has 2 rings (SSSR count). The van der Waals surface area contributed by atoms with Gasteiger partial charge in [-0.05, 0) is 19.1 Å². The Labute approximate surface area is 119 Å². The van der Waals surface area contributed by atoms with Gasteiger partial charge in [0.05, 0.1) is 20.8 Å². The summed E-state index contributed by atoms with van der Waals surface area (Å²) in [4.78, 5) is 7.96. The molecule has 0 spiro atoms. The first kappa shape index (κ1) is 13.2. The number of nitrogens with two attached hydrogens (primary N) is 2. The van der Waals surface area contributed by atoms with Crippen LogP contribution in [-0.4, -0.2) is 9.97 Å². The molecule has 0 fully saturated rings. The molecule has 0 bridgehead atoms. The molecule has 0 aliphatic carbocycles. The molecule has 0 radical (unpaired) electrons.